The highest BCUT2D eigenvalue weighted by Gasteiger charge is 2.08. The van der Waals surface area contributed by atoms with E-state index in [1.54, 1.807) is 0 Å². The van der Waals surface area contributed by atoms with Gasteiger partial charge in [0.15, 0.2) is 0 Å². The Labute approximate surface area is 107 Å². The van der Waals surface area contributed by atoms with Gasteiger partial charge in [0.2, 0.25) is 5.91 Å². The number of amides is 1. The first-order chi connectivity index (χ1) is 7.90. The average Bonchev–Trinajstić information content (AvgIpc) is 2.19. The van der Waals surface area contributed by atoms with Gasteiger partial charge in [0.25, 0.3) is 0 Å². The lowest BCUT2D eigenvalue weighted by molar-refractivity contribution is -0.116. The number of nitrogens with one attached hydrogen (secondary N) is 1. The van der Waals surface area contributed by atoms with E-state index >= 15 is 0 Å². The van der Waals surface area contributed by atoms with E-state index in [1.165, 1.54) is 0 Å². The molecule has 0 saturated carbocycles. The molecule has 0 atom stereocenters. The van der Waals surface area contributed by atoms with Gasteiger partial charge in [0, 0.05) is 17.7 Å². The number of hydrogen-bond donors (Lipinski definition) is 2. The van der Waals surface area contributed by atoms with Crippen molar-refractivity contribution in [2.24, 2.45) is 11.7 Å². The molecule has 0 radical (unpaired) electrons. The van der Waals surface area contributed by atoms with Gasteiger partial charge in [-0.05, 0) is 24.5 Å². The molecule has 0 fully saturated rings. The van der Waals surface area contributed by atoms with E-state index in [9.17, 15) is 4.79 Å². The molecular weight excluding hydrogens is 232 g/mol. The minimum absolute atomic E-state index is 0.0168. The molecule has 0 unspecified atom stereocenters. The highest BCUT2D eigenvalue weighted by Crippen LogP contribution is 2.17. The first-order valence-electron chi connectivity index (χ1n) is 5.60. The molecule has 0 aromatic heterocycles. The maximum absolute atomic E-state index is 11.7. The van der Waals surface area contributed by atoms with E-state index < -0.39 is 0 Å². The normalized spacial score (nSPS) is 10.4. The summed E-state index contributed by atoms with van der Waals surface area (Å²) in [6.45, 7) is 5.96. The summed E-state index contributed by atoms with van der Waals surface area (Å²) in [6, 6.07) is 5.57. The SMILES string of the molecule is Cc1ccc(C(N)=S)cc1NC(=O)CC(C)C. The second-order valence-electron chi connectivity index (χ2n) is 4.54. The number of thiocarbonyl (C=S) groups is 1. The van der Waals surface area contributed by atoms with Crippen LogP contribution in [0.15, 0.2) is 18.2 Å². The Morgan fingerprint density at radius 1 is 1.47 bits per heavy atom. The highest BCUT2D eigenvalue weighted by molar-refractivity contribution is 7.80. The van der Waals surface area contributed by atoms with E-state index in [4.69, 9.17) is 18.0 Å². The molecule has 0 bridgehead atoms. The zero-order valence-electron chi connectivity index (χ0n) is 10.4. The number of carbonyl (C=O) groups excluding carboxylic acids is 1. The van der Waals surface area contributed by atoms with Crippen LogP contribution < -0.4 is 11.1 Å². The number of carbonyl (C=O) groups is 1. The van der Waals surface area contributed by atoms with Crippen LogP contribution in [0.4, 0.5) is 5.69 Å². The molecule has 3 nitrogen and oxygen atoms in total. The fourth-order valence-electron chi connectivity index (χ4n) is 1.48. The molecular formula is C13H18N2OS. The summed E-state index contributed by atoms with van der Waals surface area (Å²) >= 11 is 4.91. The third-order valence-corrected chi connectivity index (χ3v) is 2.63. The van der Waals surface area contributed by atoms with Crippen LogP contribution in [0.5, 0.6) is 0 Å². The second kappa shape index (κ2) is 5.77. The van der Waals surface area contributed by atoms with Gasteiger partial charge >= 0.3 is 0 Å². The van der Waals surface area contributed by atoms with Crippen molar-refractivity contribution >= 4 is 28.8 Å². The highest BCUT2D eigenvalue weighted by atomic mass is 32.1. The standard InChI is InChI=1S/C13H18N2OS/c1-8(2)6-12(16)15-11-7-10(13(14)17)5-4-9(11)3/h4-5,7-8H,6H2,1-3H3,(H2,14,17)(H,15,16). The van der Waals surface area contributed by atoms with Gasteiger partial charge in [-0.1, -0.05) is 38.2 Å². The van der Waals surface area contributed by atoms with E-state index in [0.29, 0.717) is 17.3 Å². The zero-order chi connectivity index (χ0) is 13.0. The Morgan fingerprint density at radius 2 is 2.12 bits per heavy atom. The monoisotopic (exact) mass is 250 g/mol. The molecule has 1 aromatic rings. The second-order valence-corrected chi connectivity index (χ2v) is 4.98. The number of anilines is 1. The molecule has 1 aromatic carbocycles. The maximum Gasteiger partial charge on any atom is 0.224 e. The van der Waals surface area contributed by atoms with Crippen molar-refractivity contribution in [1.29, 1.82) is 0 Å². The van der Waals surface area contributed by atoms with Crippen molar-refractivity contribution < 1.29 is 4.79 Å². The van der Waals surface area contributed by atoms with Crippen LogP contribution >= 0.6 is 12.2 Å². The summed E-state index contributed by atoms with van der Waals surface area (Å²) in [5.41, 5.74) is 8.11. The summed E-state index contributed by atoms with van der Waals surface area (Å²) in [5.74, 6) is 0.359. The minimum atomic E-state index is 0.0168. The Kier molecular flexibility index (Phi) is 4.63. The lowest BCUT2D eigenvalue weighted by Gasteiger charge is -2.11. The van der Waals surface area contributed by atoms with Crippen molar-refractivity contribution in [3.8, 4) is 0 Å². The summed E-state index contributed by atoms with van der Waals surface area (Å²) in [4.78, 5) is 12.0. The third kappa shape index (κ3) is 4.15. The molecule has 4 heteroatoms. The van der Waals surface area contributed by atoms with Crippen LogP contribution in [0.1, 0.15) is 31.4 Å². The fraction of sp³-hybridized carbons (Fsp3) is 0.385. The van der Waals surface area contributed by atoms with Crippen LogP contribution in [-0.4, -0.2) is 10.9 Å². The molecule has 0 aliphatic carbocycles. The molecule has 0 spiro atoms. The number of aryl methyl sites for hydroxylation is 1. The van der Waals surface area contributed by atoms with Gasteiger partial charge in [-0.2, -0.15) is 0 Å². The van der Waals surface area contributed by atoms with Gasteiger partial charge in [-0.3, -0.25) is 4.79 Å². The smallest absolute Gasteiger partial charge is 0.224 e. The van der Waals surface area contributed by atoms with Gasteiger partial charge in [-0.25, -0.2) is 0 Å². The third-order valence-electron chi connectivity index (χ3n) is 2.39. The summed E-state index contributed by atoms with van der Waals surface area (Å²) in [5, 5.41) is 2.88. The maximum atomic E-state index is 11.7. The number of rotatable bonds is 4. The fourth-order valence-corrected chi connectivity index (χ4v) is 1.61. The largest absolute Gasteiger partial charge is 0.389 e. The Morgan fingerprint density at radius 3 is 2.65 bits per heavy atom. The van der Waals surface area contributed by atoms with Gasteiger partial charge in [0.05, 0.1) is 0 Å². The van der Waals surface area contributed by atoms with Crippen molar-refractivity contribution in [1.82, 2.24) is 0 Å². The van der Waals surface area contributed by atoms with E-state index in [-0.39, 0.29) is 5.91 Å². The van der Waals surface area contributed by atoms with Crippen LogP contribution in [-0.2, 0) is 4.79 Å². The molecule has 92 valence electrons. The predicted molar refractivity (Wildman–Crippen MR) is 75.2 cm³/mol. The first kappa shape index (κ1) is 13.6. The van der Waals surface area contributed by atoms with Crippen LogP contribution in [0.3, 0.4) is 0 Å². The lowest BCUT2D eigenvalue weighted by Crippen LogP contribution is -2.16. The zero-order valence-corrected chi connectivity index (χ0v) is 11.2. The molecule has 0 saturated heterocycles. The molecule has 0 aliphatic heterocycles. The average molecular weight is 250 g/mol. The quantitative estimate of drug-likeness (QED) is 0.808. The molecule has 1 amide bonds. The van der Waals surface area contributed by atoms with Crippen LogP contribution in [0.2, 0.25) is 0 Å². The first-order valence-corrected chi connectivity index (χ1v) is 6.01. The van der Waals surface area contributed by atoms with E-state index in [2.05, 4.69) is 5.32 Å². The summed E-state index contributed by atoms with van der Waals surface area (Å²) in [7, 11) is 0. The van der Waals surface area contributed by atoms with Crippen LogP contribution in [0.25, 0.3) is 0 Å². The van der Waals surface area contributed by atoms with Crippen molar-refractivity contribution in [2.45, 2.75) is 27.2 Å². The van der Waals surface area contributed by atoms with Crippen molar-refractivity contribution in [3.05, 3.63) is 29.3 Å². The van der Waals surface area contributed by atoms with Gasteiger partial charge in [0.1, 0.15) is 4.99 Å². The van der Waals surface area contributed by atoms with Crippen LogP contribution in [0, 0.1) is 12.8 Å². The van der Waals surface area contributed by atoms with Crippen molar-refractivity contribution in [2.75, 3.05) is 5.32 Å². The molecule has 3 N–H and O–H groups in total. The molecule has 17 heavy (non-hydrogen) atoms. The Bertz CT molecular complexity index is 441. The van der Waals surface area contributed by atoms with E-state index in [0.717, 1.165) is 16.8 Å². The van der Waals surface area contributed by atoms with E-state index in [1.807, 2.05) is 39.0 Å². The number of benzene rings is 1. The predicted octanol–water partition coefficient (Wildman–Crippen LogP) is 2.61. The number of hydrogen-bond acceptors (Lipinski definition) is 2. The Balaban J connectivity index is 2.86. The summed E-state index contributed by atoms with van der Waals surface area (Å²) in [6.07, 6.45) is 0.511. The van der Waals surface area contributed by atoms with Crippen molar-refractivity contribution in [3.63, 3.8) is 0 Å². The molecule has 0 aliphatic rings. The lowest BCUT2D eigenvalue weighted by atomic mass is 10.1. The number of nitrogens with two attached hydrogens (primary N) is 1. The van der Waals surface area contributed by atoms with Gasteiger partial charge < -0.3 is 11.1 Å². The molecule has 0 heterocycles. The van der Waals surface area contributed by atoms with Gasteiger partial charge in [-0.15, -0.1) is 0 Å². The summed E-state index contributed by atoms with van der Waals surface area (Å²) < 4.78 is 0. The minimum Gasteiger partial charge on any atom is -0.389 e. The topological polar surface area (TPSA) is 55.1 Å². The molecule has 1 rings (SSSR count). The Hall–Kier alpha value is -1.42.